The Kier molecular flexibility index (Phi) is 5.89. The van der Waals surface area contributed by atoms with Crippen molar-refractivity contribution in [3.05, 3.63) is 65.7 Å². The maximum Gasteiger partial charge on any atom is 0.251 e. The van der Waals surface area contributed by atoms with Crippen molar-refractivity contribution in [3.8, 4) is 6.07 Å². The summed E-state index contributed by atoms with van der Waals surface area (Å²) in [5.41, 5.74) is 2.12. The van der Waals surface area contributed by atoms with Gasteiger partial charge in [0.15, 0.2) is 0 Å². The molecule has 0 aliphatic rings. The molecule has 2 amide bonds. The van der Waals surface area contributed by atoms with Gasteiger partial charge in [-0.1, -0.05) is 36.4 Å². The molecule has 0 saturated carbocycles. The Morgan fingerprint density at radius 3 is 2.57 bits per heavy atom. The van der Waals surface area contributed by atoms with E-state index in [1.807, 2.05) is 30.3 Å². The number of nitrogens with zero attached hydrogens (tertiary/aromatic N) is 1. The second-order valence-electron chi connectivity index (χ2n) is 4.96. The van der Waals surface area contributed by atoms with Gasteiger partial charge in [0, 0.05) is 17.8 Å². The van der Waals surface area contributed by atoms with E-state index in [0.29, 0.717) is 17.8 Å². The number of nitrogens with one attached hydrogen (secondary N) is 2. The second-order valence-corrected chi connectivity index (χ2v) is 4.96. The molecule has 0 aliphatic heterocycles. The Balaban J connectivity index is 1.89. The summed E-state index contributed by atoms with van der Waals surface area (Å²) in [5, 5.41) is 13.9. The van der Waals surface area contributed by atoms with Gasteiger partial charge in [0.1, 0.15) is 6.42 Å². The fourth-order valence-electron chi connectivity index (χ4n) is 2.08. The molecule has 0 radical (unpaired) electrons. The highest BCUT2D eigenvalue weighted by Gasteiger charge is 2.07. The molecule has 0 bridgehead atoms. The van der Waals surface area contributed by atoms with Crippen molar-refractivity contribution in [1.29, 1.82) is 5.26 Å². The van der Waals surface area contributed by atoms with Gasteiger partial charge in [-0.3, -0.25) is 9.59 Å². The fraction of sp³-hybridized carbons (Fsp3) is 0.167. The average Bonchev–Trinajstić information content (AvgIpc) is 2.56. The van der Waals surface area contributed by atoms with Crippen LogP contribution in [0, 0.1) is 11.3 Å². The van der Waals surface area contributed by atoms with Crippen LogP contribution in [0.1, 0.15) is 22.3 Å². The van der Waals surface area contributed by atoms with Gasteiger partial charge in [-0.25, -0.2) is 0 Å². The Morgan fingerprint density at radius 2 is 1.83 bits per heavy atom. The van der Waals surface area contributed by atoms with Gasteiger partial charge in [0.25, 0.3) is 5.91 Å². The third-order valence-corrected chi connectivity index (χ3v) is 3.19. The van der Waals surface area contributed by atoms with E-state index in [-0.39, 0.29) is 12.3 Å². The van der Waals surface area contributed by atoms with Gasteiger partial charge in [-0.05, 0) is 30.2 Å². The van der Waals surface area contributed by atoms with Gasteiger partial charge in [-0.2, -0.15) is 5.26 Å². The zero-order valence-corrected chi connectivity index (χ0v) is 12.6. The fourth-order valence-corrected chi connectivity index (χ4v) is 2.08. The molecule has 2 N–H and O–H groups in total. The van der Waals surface area contributed by atoms with Crippen LogP contribution in [0.5, 0.6) is 0 Å². The first-order valence-electron chi connectivity index (χ1n) is 7.28. The largest absolute Gasteiger partial charge is 0.352 e. The van der Waals surface area contributed by atoms with E-state index in [0.717, 1.165) is 12.0 Å². The first kappa shape index (κ1) is 16.2. The van der Waals surface area contributed by atoms with Crippen LogP contribution in [0.2, 0.25) is 0 Å². The normalized spacial score (nSPS) is 9.70. The lowest BCUT2D eigenvalue weighted by Gasteiger charge is -2.08. The van der Waals surface area contributed by atoms with E-state index in [9.17, 15) is 9.59 Å². The number of benzene rings is 2. The third-order valence-electron chi connectivity index (χ3n) is 3.19. The molecule has 23 heavy (non-hydrogen) atoms. The molecular formula is C18H17N3O2. The van der Waals surface area contributed by atoms with Crippen LogP contribution in [0.4, 0.5) is 5.69 Å². The zero-order valence-electron chi connectivity index (χ0n) is 12.6. The standard InChI is InChI=1S/C18H17N3O2/c19-11-9-17(22)21-16-8-4-7-15(13-16)18(23)20-12-10-14-5-2-1-3-6-14/h1-8,13H,9-10,12H2,(H,20,23)(H,21,22). The van der Waals surface area contributed by atoms with Gasteiger partial charge < -0.3 is 10.6 Å². The van der Waals surface area contributed by atoms with Crippen LogP contribution >= 0.6 is 0 Å². The minimum atomic E-state index is -0.394. The maximum absolute atomic E-state index is 12.1. The van der Waals surface area contributed by atoms with Crippen molar-refractivity contribution in [2.75, 3.05) is 11.9 Å². The predicted molar refractivity (Wildman–Crippen MR) is 87.8 cm³/mol. The van der Waals surface area contributed by atoms with E-state index >= 15 is 0 Å². The highest BCUT2D eigenvalue weighted by atomic mass is 16.2. The van der Waals surface area contributed by atoms with Crippen LogP contribution < -0.4 is 10.6 Å². The van der Waals surface area contributed by atoms with Crippen molar-refractivity contribution in [2.45, 2.75) is 12.8 Å². The highest BCUT2D eigenvalue weighted by molar-refractivity contribution is 5.97. The summed E-state index contributed by atoms with van der Waals surface area (Å²) >= 11 is 0. The van der Waals surface area contributed by atoms with E-state index in [2.05, 4.69) is 10.6 Å². The molecule has 0 saturated heterocycles. The Bertz CT molecular complexity index is 721. The predicted octanol–water partition coefficient (Wildman–Crippen LogP) is 2.51. The number of anilines is 1. The molecule has 0 heterocycles. The number of carbonyl (C=O) groups is 2. The molecule has 2 rings (SSSR count). The van der Waals surface area contributed by atoms with Crippen LogP contribution in [0.15, 0.2) is 54.6 Å². The molecule has 5 nitrogen and oxygen atoms in total. The summed E-state index contributed by atoms with van der Waals surface area (Å²) in [5.74, 6) is -0.591. The first-order valence-corrected chi connectivity index (χ1v) is 7.28. The number of carbonyl (C=O) groups excluding carboxylic acids is 2. The molecule has 0 aromatic heterocycles. The minimum Gasteiger partial charge on any atom is -0.352 e. The van der Waals surface area contributed by atoms with Gasteiger partial charge in [0.2, 0.25) is 5.91 Å². The van der Waals surface area contributed by atoms with Crippen molar-refractivity contribution < 1.29 is 9.59 Å². The van der Waals surface area contributed by atoms with E-state index in [1.165, 1.54) is 0 Å². The lowest BCUT2D eigenvalue weighted by molar-refractivity contribution is -0.115. The van der Waals surface area contributed by atoms with Crippen molar-refractivity contribution in [2.24, 2.45) is 0 Å². The zero-order chi connectivity index (χ0) is 16.5. The SMILES string of the molecule is N#CCC(=O)Nc1cccc(C(=O)NCCc2ccccc2)c1. The first-order chi connectivity index (χ1) is 11.2. The van der Waals surface area contributed by atoms with Crippen LogP contribution in [0.25, 0.3) is 0 Å². The smallest absolute Gasteiger partial charge is 0.251 e. The number of rotatable bonds is 6. The van der Waals surface area contributed by atoms with E-state index in [4.69, 9.17) is 5.26 Å². The monoisotopic (exact) mass is 307 g/mol. The van der Waals surface area contributed by atoms with Crippen LogP contribution in [0.3, 0.4) is 0 Å². The highest BCUT2D eigenvalue weighted by Crippen LogP contribution is 2.11. The summed E-state index contributed by atoms with van der Waals surface area (Å²) < 4.78 is 0. The Labute approximate surface area is 134 Å². The molecule has 0 spiro atoms. The molecule has 0 atom stereocenters. The average molecular weight is 307 g/mol. The van der Waals surface area contributed by atoms with Gasteiger partial charge in [-0.15, -0.1) is 0 Å². The molecule has 2 aromatic rings. The molecule has 2 aromatic carbocycles. The number of amides is 2. The molecule has 0 aliphatic carbocycles. The molecule has 5 heteroatoms. The lowest BCUT2D eigenvalue weighted by Crippen LogP contribution is -2.25. The summed E-state index contributed by atoms with van der Waals surface area (Å²) in [6.45, 7) is 0.536. The molecular weight excluding hydrogens is 290 g/mol. The summed E-state index contributed by atoms with van der Waals surface area (Å²) in [7, 11) is 0. The van der Waals surface area contributed by atoms with Crippen molar-refractivity contribution in [3.63, 3.8) is 0 Å². The number of nitriles is 1. The summed E-state index contributed by atoms with van der Waals surface area (Å²) in [4.78, 5) is 23.5. The van der Waals surface area contributed by atoms with Gasteiger partial charge in [0.05, 0.1) is 6.07 Å². The molecule has 0 unspecified atom stereocenters. The lowest BCUT2D eigenvalue weighted by atomic mass is 10.1. The third kappa shape index (κ3) is 5.29. The van der Waals surface area contributed by atoms with E-state index < -0.39 is 5.91 Å². The Morgan fingerprint density at radius 1 is 1.04 bits per heavy atom. The van der Waals surface area contributed by atoms with Gasteiger partial charge >= 0.3 is 0 Å². The molecule has 0 fully saturated rings. The van der Waals surface area contributed by atoms with Crippen LogP contribution in [-0.2, 0) is 11.2 Å². The quantitative estimate of drug-likeness (QED) is 0.860. The number of hydrogen-bond acceptors (Lipinski definition) is 3. The molecule has 116 valence electrons. The second kappa shape index (κ2) is 8.35. The topological polar surface area (TPSA) is 82.0 Å². The maximum atomic E-state index is 12.1. The minimum absolute atomic E-state index is 0.197. The van der Waals surface area contributed by atoms with Crippen LogP contribution in [-0.4, -0.2) is 18.4 Å². The summed E-state index contributed by atoms with van der Waals surface area (Å²) in [6, 6.07) is 18.3. The van der Waals surface area contributed by atoms with E-state index in [1.54, 1.807) is 30.3 Å². The van der Waals surface area contributed by atoms with Crippen molar-refractivity contribution in [1.82, 2.24) is 5.32 Å². The van der Waals surface area contributed by atoms with Crippen molar-refractivity contribution >= 4 is 17.5 Å². The number of hydrogen-bond donors (Lipinski definition) is 2. The summed E-state index contributed by atoms with van der Waals surface area (Å²) in [6.07, 6.45) is 0.540. The Hall–Kier alpha value is -3.13.